The van der Waals surface area contributed by atoms with E-state index in [-0.39, 0.29) is 17.8 Å². The molecule has 8 heteroatoms. The number of methoxy groups -OCH3 is 1. The molecule has 3 heterocycles. The van der Waals surface area contributed by atoms with E-state index in [1.54, 1.807) is 27.4 Å². The van der Waals surface area contributed by atoms with E-state index in [2.05, 4.69) is 32.1 Å². The zero-order valence-electron chi connectivity index (χ0n) is 18.1. The number of hydrogen-bond donors (Lipinski definition) is 1. The van der Waals surface area contributed by atoms with E-state index in [0.717, 1.165) is 47.9 Å². The Morgan fingerprint density at radius 3 is 2.76 bits per heavy atom. The third-order valence-corrected chi connectivity index (χ3v) is 5.40. The summed E-state index contributed by atoms with van der Waals surface area (Å²) in [6.07, 6.45) is 4.57. The Kier molecular flexibility index (Phi) is 6.32. The normalized spacial score (nSPS) is 17.3. The third kappa shape index (κ3) is 4.64. The molecule has 2 aromatic heterocycles. The molecule has 2 atom stereocenters. The Balaban J connectivity index is 1.72. The molecule has 2 aromatic rings. The van der Waals surface area contributed by atoms with Crippen LogP contribution < -0.4 is 15.0 Å². The minimum atomic E-state index is -0.178. The zero-order valence-corrected chi connectivity index (χ0v) is 18.1. The van der Waals surface area contributed by atoms with Crippen molar-refractivity contribution in [3.05, 3.63) is 41.1 Å². The van der Waals surface area contributed by atoms with Gasteiger partial charge in [0.25, 0.3) is 5.91 Å². The second kappa shape index (κ2) is 8.73. The van der Waals surface area contributed by atoms with Gasteiger partial charge in [0.2, 0.25) is 5.82 Å². The van der Waals surface area contributed by atoms with Gasteiger partial charge in [0.05, 0.1) is 13.3 Å². The van der Waals surface area contributed by atoms with E-state index in [0.29, 0.717) is 6.04 Å². The lowest BCUT2D eigenvalue weighted by molar-refractivity contribution is 0.0815. The summed E-state index contributed by atoms with van der Waals surface area (Å²) in [6, 6.07) is 2.48. The third-order valence-electron chi connectivity index (χ3n) is 5.40. The van der Waals surface area contributed by atoms with Crippen molar-refractivity contribution in [1.82, 2.24) is 25.2 Å². The summed E-state index contributed by atoms with van der Waals surface area (Å²) in [5, 5.41) is 3.68. The van der Waals surface area contributed by atoms with Crippen molar-refractivity contribution >= 4 is 11.7 Å². The summed E-state index contributed by atoms with van der Waals surface area (Å²) >= 11 is 0. The number of aryl methyl sites for hydroxylation is 1. The van der Waals surface area contributed by atoms with Gasteiger partial charge < -0.3 is 19.9 Å². The highest BCUT2D eigenvalue weighted by Crippen LogP contribution is 2.26. The average molecular weight is 399 g/mol. The van der Waals surface area contributed by atoms with Gasteiger partial charge in [-0.15, -0.1) is 0 Å². The van der Waals surface area contributed by atoms with Crippen molar-refractivity contribution in [2.45, 2.75) is 39.3 Å². The number of carbonyl (C=O) groups is 1. The first-order chi connectivity index (χ1) is 13.8. The van der Waals surface area contributed by atoms with Crippen molar-refractivity contribution in [2.75, 3.05) is 39.2 Å². The molecule has 1 amide bonds. The SMILES string of the molecule is COc1cncc(C(C)N[C@@H]2CCN(c3nc(C(=O)N(C)C)nc(C)c3C)C2)c1. The maximum absolute atomic E-state index is 12.3. The van der Waals surface area contributed by atoms with E-state index in [4.69, 9.17) is 4.74 Å². The lowest BCUT2D eigenvalue weighted by Gasteiger charge is -2.23. The van der Waals surface area contributed by atoms with Gasteiger partial charge >= 0.3 is 0 Å². The quantitative estimate of drug-likeness (QED) is 0.798. The maximum Gasteiger partial charge on any atom is 0.291 e. The number of nitrogens with zero attached hydrogens (tertiary/aromatic N) is 5. The molecule has 1 aliphatic heterocycles. The zero-order chi connectivity index (χ0) is 21.1. The molecule has 1 N–H and O–H groups in total. The molecule has 156 valence electrons. The molecule has 0 saturated carbocycles. The number of amides is 1. The fourth-order valence-electron chi connectivity index (χ4n) is 3.54. The van der Waals surface area contributed by atoms with Crippen LogP contribution in [0.15, 0.2) is 18.5 Å². The fourth-order valence-corrected chi connectivity index (χ4v) is 3.54. The first-order valence-corrected chi connectivity index (χ1v) is 9.87. The maximum atomic E-state index is 12.3. The van der Waals surface area contributed by atoms with Crippen LogP contribution in [-0.2, 0) is 0 Å². The topological polar surface area (TPSA) is 83.5 Å². The number of pyridine rings is 1. The van der Waals surface area contributed by atoms with Crippen molar-refractivity contribution in [3.63, 3.8) is 0 Å². The van der Waals surface area contributed by atoms with Crippen LogP contribution in [0, 0.1) is 13.8 Å². The smallest absolute Gasteiger partial charge is 0.291 e. The highest BCUT2D eigenvalue weighted by Gasteiger charge is 2.28. The van der Waals surface area contributed by atoms with Crippen molar-refractivity contribution in [3.8, 4) is 5.75 Å². The second-order valence-corrected chi connectivity index (χ2v) is 7.76. The van der Waals surface area contributed by atoms with Gasteiger partial charge in [-0.25, -0.2) is 9.97 Å². The Bertz CT molecular complexity index is 885. The van der Waals surface area contributed by atoms with Crippen LogP contribution in [0.2, 0.25) is 0 Å². The summed E-state index contributed by atoms with van der Waals surface area (Å²) in [6.45, 7) is 7.78. The summed E-state index contributed by atoms with van der Waals surface area (Å²) in [5.74, 6) is 1.68. The molecule has 0 bridgehead atoms. The van der Waals surface area contributed by atoms with E-state index < -0.39 is 0 Å². The molecule has 0 aliphatic carbocycles. The number of hydrogen-bond acceptors (Lipinski definition) is 7. The minimum Gasteiger partial charge on any atom is -0.495 e. The van der Waals surface area contributed by atoms with Gasteiger partial charge in [0.15, 0.2) is 0 Å². The average Bonchev–Trinajstić information content (AvgIpc) is 3.17. The molecular weight excluding hydrogens is 368 g/mol. The summed E-state index contributed by atoms with van der Waals surface area (Å²) in [4.78, 5) is 29.3. The molecule has 1 fully saturated rings. The predicted octanol–water partition coefficient (Wildman–Crippen LogP) is 2.13. The van der Waals surface area contributed by atoms with Gasteiger partial charge in [-0.3, -0.25) is 9.78 Å². The van der Waals surface area contributed by atoms with Gasteiger partial charge in [-0.1, -0.05) is 0 Å². The van der Waals surface area contributed by atoms with Crippen molar-refractivity contribution in [2.24, 2.45) is 0 Å². The Morgan fingerprint density at radius 1 is 1.31 bits per heavy atom. The molecule has 1 saturated heterocycles. The molecule has 1 unspecified atom stereocenters. The first kappa shape index (κ1) is 21.0. The second-order valence-electron chi connectivity index (χ2n) is 7.76. The number of ether oxygens (including phenoxy) is 1. The predicted molar refractivity (Wildman–Crippen MR) is 112 cm³/mol. The number of anilines is 1. The number of aromatic nitrogens is 3. The fraction of sp³-hybridized carbons (Fsp3) is 0.524. The van der Waals surface area contributed by atoms with Crippen LogP contribution >= 0.6 is 0 Å². The summed E-state index contributed by atoms with van der Waals surface area (Å²) < 4.78 is 5.28. The number of carbonyl (C=O) groups excluding carboxylic acids is 1. The highest BCUT2D eigenvalue weighted by atomic mass is 16.5. The van der Waals surface area contributed by atoms with E-state index in [9.17, 15) is 4.79 Å². The molecule has 8 nitrogen and oxygen atoms in total. The molecule has 1 aliphatic rings. The van der Waals surface area contributed by atoms with E-state index in [1.165, 1.54) is 4.90 Å². The Hall–Kier alpha value is -2.74. The highest BCUT2D eigenvalue weighted by molar-refractivity contribution is 5.90. The number of rotatable bonds is 6. The van der Waals surface area contributed by atoms with Crippen molar-refractivity contribution in [1.29, 1.82) is 0 Å². The lowest BCUT2D eigenvalue weighted by Crippen LogP contribution is -2.35. The summed E-state index contributed by atoms with van der Waals surface area (Å²) in [5.41, 5.74) is 2.95. The molecule has 0 aromatic carbocycles. The Labute approximate surface area is 172 Å². The van der Waals surface area contributed by atoms with Crippen LogP contribution in [0.1, 0.15) is 46.8 Å². The Morgan fingerprint density at radius 2 is 2.07 bits per heavy atom. The van der Waals surface area contributed by atoms with Crippen LogP contribution in [0.4, 0.5) is 5.82 Å². The lowest BCUT2D eigenvalue weighted by atomic mass is 10.1. The summed E-state index contributed by atoms with van der Waals surface area (Å²) in [7, 11) is 5.07. The van der Waals surface area contributed by atoms with Gasteiger partial charge in [0.1, 0.15) is 11.6 Å². The molecule has 3 rings (SSSR count). The first-order valence-electron chi connectivity index (χ1n) is 9.87. The molecule has 29 heavy (non-hydrogen) atoms. The van der Waals surface area contributed by atoms with Crippen LogP contribution in [-0.4, -0.2) is 66.1 Å². The monoisotopic (exact) mass is 398 g/mol. The van der Waals surface area contributed by atoms with Gasteiger partial charge in [-0.05, 0) is 38.8 Å². The standard InChI is InChI=1S/C21H30N6O2/c1-13-14(2)24-19(21(28)26(4)5)25-20(13)27-8-7-17(12-27)23-15(3)16-9-18(29-6)11-22-10-16/h9-11,15,17,23H,7-8,12H2,1-6H3/t15?,17-/m1/s1. The van der Waals surface area contributed by atoms with Crippen LogP contribution in [0.5, 0.6) is 5.75 Å². The molecule has 0 spiro atoms. The largest absolute Gasteiger partial charge is 0.495 e. The molecule has 0 radical (unpaired) electrons. The van der Waals surface area contributed by atoms with Crippen molar-refractivity contribution < 1.29 is 9.53 Å². The van der Waals surface area contributed by atoms with Gasteiger partial charge in [-0.2, -0.15) is 0 Å². The van der Waals surface area contributed by atoms with Gasteiger partial charge in [0, 0.05) is 56.7 Å². The van der Waals surface area contributed by atoms with E-state index >= 15 is 0 Å². The molecular formula is C21H30N6O2. The number of nitrogens with one attached hydrogen (secondary N) is 1. The van der Waals surface area contributed by atoms with E-state index in [1.807, 2.05) is 26.1 Å². The van der Waals surface area contributed by atoms with Crippen LogP contribution in [0.3, 0.4) is 0 Å². The van der Waals surface area contributed by atoms with Crippen LogP contribution in [0.25, 0.3) is 0 Å². The minimum absolute atomic E-state index is 0.154.